The largest absolute Gasteiger partial charge is 0.479 e. The Morgan fingerprint density at radius 1 is 0.634 bits per heavy atom. The van der Waals surface area contributed by atoms with Crippen LogP contribution in [0.15, 0.2) is 34.9 Å². The molecule has 0 bridgehead atoms. The third-order valence-electron chi connectivity index (χ3n) is 21.8. The number of ether oxygens (including phenoxy) is 8. The number of allylic oxidation sites excluding steroid dienone is 4. The summed E-state index contributed by atoms with van der Waals surface area (Å²) in [5, 5.41) is 159. The molecule has 7 fully saturated rings. The first-order valence-electron chi connectivity index (χ1n) is 28.4. The van der Waals surface area contributed by atoms with Crippen molar-refractivity contribution in [2.24, 2.45) is 50.2 Å². The molecule has 25 nitrogen and oxygen atoms in total. The van der Waals surface area contributed by atoms with Crippen molar-refractivity contribution in [1.29, 1.82) is 0 Å². The molecule has 0 amide bonds. The number of hydrogen-bond donors (Lipinski definition) is 14. The fourth-order valence-corrected chi connectivity index (χ4v) is 16.3. The van der Waals surface area contributed by atoms with Crippen molar-refractivity contribution in [2.45, 2.75) is 224 Å². The minimum absolute atomic E-state index is 0.0264. The highest BCUT2D eigenvalue weighted by Crippen LogP contribution is 2.77. The number of carbonyl (C=O) groups is 3. The zero-order chi connectivity index (χ0) is 61.0. The first-order chi connectivity index (χ1) is 38.2. The van der Waals surface area contributed by atoms with Gasteiger partial charge in [-0.1, -0.05) is 65.3 Å². The highest BCUT2D eigenvalue weighted by Gasteiger charge is 2.84. The molecule has 466 valence electrons. The second kappa shape index (κ2) is 22.9. The van der Waals surface area contributed by atoms with Crippen LogP contribution in [-0.4, -0.2) is 226 Å². The summed E-state index contributed by atoms with van der Waals surface area (Å²) in [6.45, 7) is 14.2. The maximum atomic E-state index is 13.9. The van der Waals surface area contributed by atoms with Gasteiger partial charge in [0, 0.05) is 22.0 Å². The van der Waals surface area contributed by atoms with Crippen LogP contribution in [0.5, 0.6) is 0 Å². The highest BCUT2D eigenvalue weighted by atomic mass is 16.8. The summed E-state index contributed by atoms with van der Waals surface area (Å²) in [4.78, 5) is 40.3. The van der Waals surface area contributed by atoms with Crippen molar-refractivity contribution < 1.29 is 124 Å². The van der Waals surface area contributed by atoms with Crippen LogP contribution < -0.4 is 0 Å². The van der Waals surface area contributed by atoms with E-state index in [4.69, 9.17) is 37.9 Å². The highest BCUT2D eigenvalue weighted by molar-refractivity contribution is 5.89. The molecule has 4 saturated carbocycles. The van der Waals surface area contributed by atoms with Gasteiger partial charge in [-0.05, 0) is 107 Å². The van der Waals surface area contributed by atoms with E-state index < -0.39 is 193 Å². The molecule has 0 radical (unpaired) electrons. The molecule has 14 N–H and O–H groups in total. The van der Waals surface area contributed by atoms with Gasteiger partial charge in [-0.25, -0.2) is 14.4 Å². The molecular weight excluding hydrogens is 1080 g/mol. The standard InChI is InChI=1S/C57H88O25/c1-11-25(3)45(71)81-56(73)50(5,6)19-28-27-13-14-32-51(7)17-16-34(52(8,23-60)31(51)15-18-53(32,9)54(27,10)20-33(62)55(28,24-61)57(56,74)82-46(72)26(4)12-2)77-48-40(68)41(39(67)42(79-48)44(69)70)78-49-43(36(64)30(22-59)76-49)80-47-38(66)37(65)35(63)29(21-58)75-47/h11-13,28-43,47-49,58-68,73-74H,14-24H2,1-10H3,(H,69,70)/b25-11-,26-12-/t28-,29+,30-,31+,32+,33+,34-,35-,36-,37-,38+,39-,40+,41-,42-,43+,47-,48+,49-,51-,52+,53+,54+,55-,56-,57-/m0/s1. The zero-order valence-corrected chi connectivity index (χ0v) is 48.2. The van der Waals surface area contributed by atoms with Gasteiger partial charge in [0.25, 0.3) is 11.6 Å². The Kier molecular flexibility index (Phi) is 18.1. The molecule has 25 heteroatoms. The first kappa shape index (κ1) is 64.9. The summed E-state index contributed by atoms with van der Waals surface area (Å²) in [5.74, 6) is -11.6. The number of esters is 2. The molecular formula is C57H88O25. The lowest BCUT2D eigenvalue weighted by molar-refractivity contribution is -0.467. The summed E-state index contributed by atoms with van der Waals surface area (Å²) in [6, 6.07) is 0. The molecule has 8 rings (SSSR count). The van der Waals surface area contributed by atoms with Gasteiger partial charge < -0.3 is 109 Å². The van der Waals surface area contributed by atoms with E-state index in [9.17, 15) is 85.9 Å². The molecule has 0 aromatic heterocycles. The lowest BCUT2D eigenvalue weighted by Gasteiger charge is -2.74. The molecule has 0 aromatic carbocycles. The second-order valence-electron chi connectivity index (χ2n) is 26.1. The Bertz CT molecular complexity index is 2490. The maximum Gasteiger partial charge on any atom is 0.336 e. The van der Waals surface area contributed by atoms with Crippen LogP contribution in [0.25, 0.3) is 0 Å². The Balaban J connectivity index is 1.09. The van der Waals surface area contributed by atoms with E-state index >= 15 is 0 Å². The summed E-state index contributed by atoms with van der Waals surface area (Å²) >= 11 is 0. The molecule has 5 aliphatic carbocycles. The maximum absolute atomic E-state index is 13.9. The Hall–Kier alpha value is -3.13. The first-order valence-corrected chi connectivity index (χ1v) is 28.4. The van der Waals surface area contributed by atoms with E-state index in [1.165, 1.54) is 26.0 Å². The number of carboxylic acid groups (broad SMARTS) is 1. The van der Waals surface area contributed by atoms with Gasteiger partial charge in [0.05, 0.1) is 44.1 Å². The van der Waals surface area contributed by atoms with Crippen LogP contribution in [0, 0.1) is 50.2 Å². The number of aliphatic hydroxyl groups is 13. The van der Waals surface area contributed by atoms with Gasteiger partial charge in [-0.3, -0.25) is 0 Å². The lowest BCUT2D eigenvalue weighted by atomic mass is 9.32. The molecule has 8 aliphatic rings. The number of aliphatic carboxylic acids is 1. The van der Waals surface area contributed by atoms with Gasteiger partial charge in [0.2, 0.25) is 0 Å². The van der Waals surface area contributed by atoms with Crippen LogP contribution in [0.1, 0.15) is 114 Å². The number of fused-ring (bicyclic) bond motifs is 7. The Morgan fingerprint density at radius 3 is 1.76 bits per heavy atom. The van der Waals surface area contributed by atoms with Crippen LogP contribution in [0.3, 0.4) is 0 Å². The van der Waals surface area contributed by atoms with E-state index in [1.54, 1.807) is 27.7 Å². The molecule has 82 heavy (non-hydrogen) atoms. The van der Waals surface area contributed by atoms with Gasteiger partial charge in [-0.2, -0.15) is 0 Å². The Morgan fingerprint density at radius 2 is 1.20 bits per heavy atom. The van der Waals surface area contributed by atoms with Gasteiger partial charge >= 0.3 is 17.9 Å². The second-order valence-corrected chi connectivity index (χ2v) is 26.1. The van der Waals surface area contributed by atoms with Gasteiger partial charge in [0.15, 0.2) is 25.0 Å². The number of aliphatic hydroxyl groups excluding tert-OH is 11. The van der Waals surface area contributed by atoms with Crippen molar-refractivity contribution in [3.8, 4) is 0 Å². The Labute approximate surface area is 476 Å². The molecule has 3 saturated heterocycles. The summed E-state index contributed by atoms with van der Waals surface area (Å²) in [7, 11) is 0. The summed E-state index contributed by atoms with van der Waals surface area (Å²) in [5.41, 5.74) is -6.32. The van der Waals surface area contributed by atoms with E-state index in [-0.39, 0.29) is 42.2 Å². The summed E-state index contributed by atoms with van der Waals surface area (Å²) < 4.78 is 47.1. The fourth-order valence-electron chi connectivity index (χ4n) is 16.3. The minimum atomic E-state index is -3.25. The van der Waals surface area contributed by atoms with Crippen LogP contribution in [0.4, 0.5) is 0 Å². The van der Waals surface area contributed by atoms with E-state index in [1.807, 2.05) is 13.8 Å². The van der Waals surface area contributed by atoms with Crippen molar-refractivity contribution in [3.63, 3.8) is 0 Å². The molecule has 0 aromatic rings. The van der Waals surface area contributed by atoms with Crippen molar-refractivity contribution in [3.05, 3.63) is 34.9 Å². The molecule has 3 aliphatic heterocycles. The molecule has 0 unspecified atom stereocenters. The van der Waals surface area contributed by atoms with E-state index in [2.05, 4.69) is 19.9 Å². The average molecular weight is 1170 g/mol. The third kappa shape index (κ3) is 9.50. The van der Waals surface area contributed by atoms with Crippen molar-refractivity contribution in [2.75, 3.05) is 26.4 Å². The molecule has 3 heterocycles. The molecule has 26 atom stereocenters. The monoisotopic (exact) mass is 1170 g/mol. The average Bonchev–Trinajstić information content (AvgIpc) is 0.737. The molecule has 0 spiro atoms. The number of carbonyl (C=O) groups excluding carboxylic acids is 2. The lowest BCUT2D eigenvalue weighted by Crippen LogP contribution is -2.83. The predicted octanol–water partition coefficient (Wildman–Crippen LogP) is -1.10. The summed E-state index contributed by atoms with van der Waals surface area (Å²) in [6.07, 6.45) is -21.6. The van der Waals surface area contributed by atoms with Crippen LogP contribution in [-0.2, 0) is 52.3 Å². The van der Waals surface area contributed by atoms with Crippen molar-refractivity contribution in [1.82, 2.24) is 0 Å². The minimum Gasteiger partial charge on any atom is -0.479 e. The quantitative estimate of drug-likeness (QED) is 0.0304. The third-order valence-corrected chi connectivity index (χ3v) is 21.8. The zero-order valence-electron chi connectivity index (χ0n) is 48.2. The SMILES string of the molecule is C/C=C(/C)C(=O)O[C@@]1(O)[C@]2(CO)[C@H](O)C[C@]3(C)C(=CC[C@@H]4[C@@]5(C)CC[C@H](O[C@@H]6O[C@H](C(=O)O)[C@@H](O)[C@H](O[C@@H]7O[C@@H](CO)[C@H](O)[C@H]7O[C@@H]7O[C@H](CO)[C@H](O)[C@H](O)[C@H]7O)[C@H]6O)[C@](C)(CO)[C@@H]5CC[C@]43C)[C@@H]2CC(C)(C)[C@]1(O)OC(=O)/C(C)=C\C. The normalized spacial score (nSPS) is 50.2. The number of hydrogen-bond acceptors (Lipinski definition) is 24. The van der Waals surface area contributed by atoms with E-state index in [0.29, 0.717) is 25.7 Å². The van der Waals surface area contributed by atoms with Gasteiger partial charge in [0.1, 0.15) is 61.0 Å². The smallest absolute Gasteiger partial charge is 0.336 e. The predicted molar refractivity (Wildman–Crippen MR) is 279 cm³/mol. The topological polar surface area (TPSA) is 408 Å². The van der Waals surface area contributed by atoms with Gasteiger partial charge in [-0.15, -0.1) is 0 Å². The van der Waals surface area contributed by atoms with Crippen molar-refractivity contribution >= 4 is 17.9 Å². The number of carboxylic acids is 1. The van der Waals surface area contributed by atoms with Crippen LogP contribution >= 0.6 is 0 Å². The number of rotatable bonds is 15. The van der Waals surface area contributed by atoms with E-state index in [0.717, 1.165) is 5.57 Å². The fraction of sp³-hybridized carbons (Fsp3) is 0.842. The van der Waals surface area contributed by atoms with Crippen LogP contribution in [0.2, 0.25) is 0 Å².